The molecule has 0 aromatic carbocycles. The predicted octanol–water partition coefficient (Wildman–Crippen LogP) is 5.97. The highest BCUT2D eigenvalue weighted by Gasteiger charge is 2.10. The van der Waals surface area contributed by atoms with Crippen LogP contribution in [0.5, 0.6) is 0 Å². The van der Waals surface area contributed by atoms with Crippen molar-refractivity contribution >= 4 is 5.91 Å². The molecule has 0 heterocycles. The van der Waals surface area contributed by atoms with Crippen LogP contribution in [0.3, 0.4) is 0 Å². The largest absolute Gasteiger partial charge is 0.355 e. The Morgan fingerprint density at radius 2 is 1.08 bits per heavy atom. The van der Waals surface area contributed by atoms with Crippen LogP contribution in [-0.2, 0) is 4.79 Å². The highest BCUT2D eigenvalue weighted by molar-refractivity contribution is 5.78. The van der Waals surface area contributed by atoms with Gasteiger partial charge in [-0.2, -0.15) is 0 Å². The highest BCUT2D eigenvalue weighted by atomic mass is 16.1. The molecule has 0 fully saturated rings. The van der Waals surface area contributed by atoms with Gasteiger partial charge in [-0.05, 0) is 27.2 Å². The van der Waals surface area contributed by atoms with Gasteiger partial charge in [0.05, 0.1) is 6.54 Å². The van der Waals surface area contributed by atoms with Crippen LogP contribution in [0, 0.1) is 0 Å². The van der Waals surface area contributed by atoms with E-state index in [1.165, 1.54) is 83.5 Å². The van der Waals surface area contributed by atoms with E-state index in [0.717, 1.165) is 13.0 Å². The Balaban J connectivity index is 3.15. The van der Waals surface area contributed by atoms with E-state index >= 15 is 0 Å². The van der Waals surface area contributed by atoms with E-state index in [9.17, 15) is 4.79 Å². The van der Waals surface area contributed by atoms with Gasteiger partial charge in [-0.1, -0.05) is 90.4 Å². The summed E-state index contributed by atoms with van der Waals surface area (Å²) < 4.78 is 0. The van der Waals surface area contributed by atoms with E-state index in [0.29, 0.717) is 6.54 Å². The van der Waals surface area contributed by atoms with Crippen LogP contribution < -0.4 is 10.6 Å². The van der Waals surface area contributed by atoms with Crippen molar-refractivity contribution in [2.75, 3.05) is 13.1 Å². The summed E-state index contributed by atoms with van der Waals surface area (Å²) in [5, 5.41) is 6.21. The summed E-state index contributed by atoms with van der Waals surface area (Å²) in [6.07, 6.45) is 19.2. The molecule has 3 heteroatoms. The molecular weight excluding hydrogens is 308 g/mol. The summed E-state index contributed by atoms with van der Waals surface area (Å²) >= 11 is 0. The van der Waals surface area contributed by atoms with Gasteiger partial charge in [0.15, 0.2) is 0 Å². The molecule has 0 rings (SSSR count). The number of hydrogen-bond donors (Lipinski definition) is 2. The van der Waals surface area contributed by atoms with Crippen LogP contribution >= 0.6 is 0 Å². The Morgan fingerprint density at radius 3 is 1.48 bits per heavy atom. The monoisotopic (exact) mass is 354 g/mol. The summed E-state index contributed by atoms with van der Waals surface area (Å²) in [5.41, 5.74) is 0.00634. The van der Waals surface area contributed by atoms with Gasteiger partial charge in [0, 0.05) is 12.1 Å². The van der Waals surface area contributed by atoms with Crippen molar-refractivity contribution in [1.29, 1.82) is 0 Å². The zero-order chi connectivity index (χ0) is 18.8. The van der Waals surface area contributed by atoms with Crippen molar-refractivity contribution in [3.05, 3.63) is 0 Å². The molecule has 0 aliphatic heterocycles. The minimum atomic E-state index is 0.00634. The van der Waals surface area contributed by atoms with Crippen molar-refractivity contribution in [3.8, 4) is 0 Å². The van der Waals surface area contributed by atoms with Gasteiger partial charge >= 0.3 is 0 Å². The molecule has 3 nitrogen and oxygen atoms in total. The zero-order valence-electron chi connectivity index (χ0n) is 17.7. The molecule has 1 amide bonds. The van der Waals surface area contributed by atoms with Crippen LogP contribution in [0.15, 0.2) is 0 Å². The second-order valence-corrected chi connectivity index (χ2v) is 8.55. The Morgan fingerprint density at radius 1 is 0.680 bits per heavy atom. The highest BCUT2D eigenvalue weighted by Crippen LogP contribution is 2.12. The second-order valence-electron chi connectivity index (χ2n) is 8.55. The lowest BCUT2D eigenvalue weighted by molar-refractivity contribution is -0.120. The fourth-order valence-electron chi connectivity index (χ4n) is 2.96. The number of carbonyl (C=O) groups is 1. The van der Waals surface area contributed by atoms with Crippen molar-refractivity contribution in [1.82, 2.24) is 10.6 Å². The van der Waals surface area contributed by atoms with Gasteiger partial charge in [-0.3, -0.25) is 4.79 Å². The first-order chi connectivity index (χ1) is 12.0. The summed E-state index contributed by atoms with van der Waals surface area (Å²) in [6.45, 7) is 9.75. The fourth-order valence-corrected chi connectivity index (χ4v) is 2.96. The first-order valence-corrected chi connectivity index (χ1v) is 11.0. The van der Waals surface area contributed by atoms with Gasteiger partial charge in [0.1, 0.15) is 0 Å². The lowest BCUT2D eigenvalue weighted by atomic mass is 10.0. The molecule has 0 saturated carbocycles. The van der Waals surface area contributed by atoms with Crippen molar-refractivity contribution < 1.29 is 4.79 Å². The Bertz CT molecular complexity index is 297. The molecule has 0 spiro atoms. The van der Waals surface area contributed by atoms with E-state index in [4.69, 9.17) is 0 Å². The maximum absolute atomic E-state index is 11.7. The van der Waals surface area contributed by atoms with Crippen LogP contribution in [-0.4, -0.2) is 24.5 Å². The molecule has 0 unspecified atom stereocenters. The lowest BCUT2D eigenvalue weighted by Gasteiger charge is -2.19. The van der Waals surface area contributed by atoms with Crippen molar-refractivity contribution in [3.63, 3.8) is 0 Å². The first kappa shape index (κ1) is 24.4. The molecule has 0 atom stereocenters. The van der Waals surface area contributed by atoms with E-state index in [1.54, 1.807) is 0 Å². The minimum absolute atomic E-state index is 0.00634. The summed E-state index contributed by atoms with van der Waals surface area (Å²) in [6, 6.07) is 0. The molecule has 150 valence electrons. The summed E-state index contributed by atoms with van der Waals surface area (Å²) in [5.74, 6) is 0.115. The number of nitrogens with one attached hydrogen (secondary N) is 2. The SMILES string of the molecule is CCCCCCCCCCCCCCCCNC(=O)CNC(C)(C)C. The molecule has 25 heavy (non-hydrogen) atoms. The van der Waals surface area contributed by atoms with Crippen LogP contribution in [0.1, 0.15) is 118 Å². The van der Waals surface area contributed by atoms with Crippen LogP contribution in [0.25, 0.3) is 0 Å². The second kappa shape index (κ2) is 16.9. The Labute approximate surface area is 158 Å². The quantitative estimate of drug-likeness (QED) is 0.316. The third-order valence-corrected chi connectivity index (χ3v) is 4.63. The smallest absolute Gasteiger partial charge is 0.233 e. The molecule has 0 aliphatic rings. The number of carbonyl (C=O) groups excluding carboxylic acids is 1. The van der Waals surface area contributed by atoms with E-state index in [2.05, 4.69) is 38.3 Å². The maximum atomic E-state index is 11.7. The molecule has 0 radical (unpaired) electrons. The van der Waals surface area contributed by atoms with Crippen molar-refractivity contribution in [2.45, 2.75) is 123 Å². The van der Waals surface area contributed by atoms with Gasteiger partial charge in [0.2, 0.25) is 5.91 Å². The van der Waals surface area contributed by atoms with Crippen molar-refractivity contribution in [2.24, 2.45) is 0 Å². The third-order valence-electron chi connectivity index (χ3n) is 4.63. The Kier molecular flexibility index (Phi) is 16.5. The van der Waals surface area contributed by atoms with Crippen LogP contribution in [0.2, 0.25) is 0 Å². The van der Waals surface area contributed by atoms with E-state index in [1.807, 2.05) is 0 Å². The number of rotatable bonds is 17. The minimum Gasteiger partial charge on any atom is -0.355 e. The van der Waals surface area contributed by atoms with Gasteiger partial charge in [-0.25, -0.2) is 0 Å². The van der Waals surface area contributed by atoms with E-state index < -0.39 is 0 Å². The number of hydrogen-bond acceptors (Lipinski definition) is 2. The maximum Gasteiger partial charge on any atom is 0.233 e. The standard InChI is InChI=1S/C22H46N2O/c1-5-6-7-8-9-10-11-12-13-14-15-16-17-18-19-23-21(25)20-24-22(2,3)4/h24H,5-20H2,1-4H3,(H,23,25). The molecule has 0 saturated heterocycles. The molecule has 0 bridgehead atoms. The van der Waals surface area contributed by atoms with Gasteiger partial charge < -0.3 is 10.6 Å². The summed E-state index contributed by atoms with van der Waals surface area (Å²) in [7, 11) is 0. The number of unbranched alkanes of at least 4 members (excludes halogenated alkanes) is 13. The molecule has 0 aromatic heterocycles. The molecule has 2 N–H and O–H groups in total. The number of amides is 1. The molecule has 0 aliphatic carbocycles. The van der Waals surface area contributed by atoms with Gasteiger partial charge in [-0.15, -0.1) is 0 Å². The normalized spacial score (nSPS) is 11.7. The Hall–Kier alpha value is -0.570. The fraction of sp³-hybridized carbons (Fsp3) is 0.955. The first-order valence-electron chi connectivity index (χ1n) is 11.0. The third kappa shape index (κ3) is 21.4. The lowest BCUT2D eigenvalue weighted by Crippen LogP contribution is -2.43. The average Bonchev–Trinajstić information content (AvgIpc) is 2.56. The van der Waals surface area contributed by atoms with Gasteiger partial charge in [0.25, 0.3) is 0 Å². The predicted molar refractivity (Wildman–Crippen MR) is 111 cm³/mol. The molecule has 0 aromatic rings. The summed E-state index contributed by atoms with van der Waals surface area (Å²) in [4.78, 5) is 11.7. The molecular formula is C22H46N2O. The van der Waals surface area contributed by atoms with Crippen LogP contribution in [0.4, 0.5) is 0 Å². The zero-order valence-corrected chi connectivity index (χ0v) is 17.7. The van der Waals surface area contributed by atoms with E-state index in [-0.39, 0.29) is 11.4 Å². The average molecular weight is 355 g/mol. The topological polar surface area (TPSA) is 41.1 Å².